The summed E-state index contributed by atoms with van der Waals surface area (Å²) in [7, 11) is 0. The van der Waals surface area contributed by atoms with Gasteiger partial charge in [0.05, 0.1) is 10.6 Å². The number of rotatable bonds is 5. The Morgan fingerprint density at radius 1 is 0.919 bits per heavy atom. The molecule has 2 heterocycles. The highest BCUT2D eigenvalue weighted by atomic mass is 32.2. The summed E-state index contributed by atoms with van der Waals surface area (Å²) in [6.07, 6.45) is 9.66. The van der Waals surface area contributed by atoms with Gasteiger partial charge in [0, 0.05) is 35.2 Å². The first-order valence-corrected chi connectivity index (χ1v) is 13.7. The summed E-state index contributed by atoms with van der Waals surface area (Å²) in [6.45, 7) is 0.625. The van der Waals surface area contributed by atoms with Crippen molar-refractivity contribution in [1.29, 1.82) is 0 Å². The molecule has 1 amide bonds. The van der Waals surface area contributed by atoms with E-state index in [1.54, 1.807) is 0 Å². The zero-order valence-corrected chi connectivity index (χ0v) is 21.3. The largest absolute Gasteiger partial charge is 0.342 e. The number of benzene rings is 3. The Labute approximate surface area is 220 Å². The third kappa shape index (κ3) is 4.98. The zero-order valence-electron chi connectivity index (χ0n) is 20.5. The molecule has 4 nitrogen and oxygen atoms in total. The first-order valence-electron chi connectivity index (χ1n) is 12.8. The van der Waals surface area contributed by atoms with Gasteiger partial charge < -0.3 is 4.57 Å². The van der Waals surface area contributed by atoms with Crippen LogP contribution in [0.5, 0.6) is 0 Å². The first kappa shape index (κ1) is 23.7. The van der Waals surface area contributed by atoms with E-state index < -0.39 is 0 Å². The molecule has 1 aliphatic carbocycles. The number of amides is 1. The summed E-state index contributed by atoms with van der Waals surface area (Å²) in [6, 6.07) is 24.9. The molecule has 0 radical (unpaired) electrons. The molecule has 2 fully saturated rings. The third-order valence-electron chi connectivity index (χ3n) is 7.13. The number of carbonyl (C=O) groups excluding carboxylic acids is 1. The number of halogens is 1. The van der Waals surface area contributed by atoms with Gasteiger partial charge in [0.1, 0.15) is 5.82 Å². The molecule has 1 aliphatic heterocycles. The van der Waals surface area contributed by atoms with Gasteiger partial charge in [-0.25, -0.2) is 9.38 Å². The summed E-state index contributed by atoms with van der Waals surface area (Å²) < 4.78 is 15.6. The lowest BCUT2D eigenvalue weighted by Gasteiger charge is -2.30. The van der Waals surface area contributed by atoms with Gasteiger partial charge in [-0.05, 0) is 66.6 Å². The SMILES string of the molecule is O=C1/C(=C\c2cn(Cc3ccc(F)cc3)c3ccccc23)SC(=Nc2ccccc2)N1C1CCCCC1. The molecule has 0 bridgehead atoms. The van der Waals surface area contributed by atoms with Gasteiger partial charge in [-0.1, -0.05) is 67.8 Å². The topological polar surface area (TPSA) is 37.6 Å². The zero-order chi connectivity index (χ0) is 25.2. The Kier molecular flexibility index (Phi) is 6.66. The summed E-state index contributed by atoms with van der Waals surface area (Å²) in [5.41, 5.74) is 3.96. The monoisotopic (exact) mass is 509 g/mol. The molecule has 3 aromatic carbocycles. The predicted molar refractivity (Wildman–Crippen MR) is 150 cm³/mol. The van der Waals surface area contributed by atoms with E-state index in [0.29, 0.717) is 11.4 Å². The Hall–Kier alpha value is -3.64. The molecule has 0 atom stereocenters. The van der Waals surface area contributed by atoms with E-state index in [2.05, 4.69) is 22.9 Å². The molecule has 1 saturated carbocycles. The molecular weight excluding hydrogens is 481 g/mol. The minimum absolute atomic E-state index is 0.0435. The van der Waals surface area contributed by atoms with Crippen molar-refractivity contribution < 1.29 is 9.18 Å². The lowest BCUT2D eigenvalue weighted by Crippen LogP contribution is -2.40. The van der Waals surface area contributed by atoms with Crippen molar-refractivity contribution >= 4 is 45.5 Å². The highest BCUT2D eigenvalue weighted by molar-refractivity contribution is 8.18. The maximum Gasteiger partial charge on any atom is 0.267 e. The standard InChI is InChI=1S/C31H28FN3OS/c32-24-17-15-22(16-18-24)20-34-21-23(27-13-7-8-14-28(27)34)19-29-30(36)35(26-11-5-2-6-12-26)31(37-29)33-25-9-3-1-4-10-25/h1,3-4,7-10,13-19,21,26H,2,5-6,11-12,20H2/b29-19+,33-31?. The summed E-state index contributed by atoms with van der Waals surface area (Å²) in [4.78, 5) is 21.3. The van der Waals surface area contributed by atoms with E-state index in [1.807, 2.05) is 65.6 Å². The van der Waals surface area contributed by atoms with Crippen LogP contribution < -0.4 is 0 Å². The van der Waals surface area contributed by atoms with E-state index in [9.17, 15) is 9.18 Å². The minimum atomic E-state index is -0.237. The molecule has 37 heavy (non-hydrogen) atoms. The van der Waals surface area contributed by atoms with Crippen molar-refractivity contribution in [1.82, 2.24) is 9.47 Å². The fraction of sp³-hybridized carbons (Fsp3) is 0.226. The molecule has 2 aliphatic rings. The Bertz CT molecular complexity index is 1480. The molecule has 4 aromatic rings. The number of fused-ring (bicyclic) bond motifs is 1. The third-order valence-corrected chi connectivity index (χ3v) is 8.11. The molecule has 186 valence electrons. The number of hydrogen-bond acceptors (Lipinski definition) is 3. The van der Waals surface area contributed by atoms with Gasteiger partial charge >= 0.3 is 0 Å². The number of hydrogen-bond donors (Lipinski definition) is 0. The number of nitrogens with zero attached hydrogens (tertiary/aromatic N) is 3. The van der Waals surface area contributed by atoms with Crippen molar-refractivity contribution in [2.75, 3.05) is 0 Å². The quantitative estimate of drug-likeness (QED) is 0.258. The van der Waals surface area contributed by atoms with Gasteiger partial charge in [-0.2, -0.15) is 0 Å². The number of thioether (sulfide) groups is 1. The van der Waals surface area contributed by atoms with E-state index in [0.717, 1.165) is 58.6 Å². The Morgan fingerprint density at radius 2 is 1.65 bits per heavy atom. The van der Waals surface area contributed by atoms with Crippen LogP contribution in [0.1, 0.15) is 43.2 Å². The lowest BCUT2D eigenvalue weighted by atomic mass is 9.94. The molecular formula is C31H28FN3OS. The molecule has 0 unspecified atom stereocenters. The van der Waals surface area contributed by atoms with Crippen LogP contribution in [0.25, 0.3) is 17.0 Å². The molecule has 6 rings (SSSR count). The molecule has 1 aromatic heterocycles. The second kappa shape index (κ2) is 10.4. The number of carbonyl (C=O) groups is 1. The summed E-state index contributed by atoms with van der Waals surface area (Å²) in [5, 5.41) is 1.85. The number of para-hydroxylation sites is 2. The lowest BCUT2D eigenvalue weighted by molar-refractivity contribution is -0.124. The van der Waals surface area contributed by atoms with Crippen LogP contribution in [0.4, 0.5) is 10.1 Å². The molecule has 0 N–H and O–H groups in total. The van der Waals surface area contributed by atoms with Gasteiger partial charge in [0.2, 0.25) is 0 Å². The van der Waals surface area contributed by atoms with Crippen molar-refractivity contribution in [3.63, 3.8) is 0 Å². The average Bonchev–Trinajstić information content (AvgIpc) is 3.43. The van der Waals surface area contributed by atoms with E-state index in [4.69, 9.17) is 4.99 Å². The van der Waals surface area contributed by atoms with Gasteiger partial charge in [0.15, 0.2) is 5.17 Å². The van der Waals surface area contributed by atoms with Gasteiger partial charge in [-0.15, -0.1) is 0 Å². The second-order valence-electron chi connectivity index (χ2n) is 9.66. The fourth-order valence-corrected chi connectivity index (χ4v) is 6.34. The predicted octanol–water partition coefficient (Wildman–Crippen LogP) is 7.77. The number of amidine groups is 1. The normalized spacial score (nSPS) is 18.9. The summed E-state index contributed by atoms with van der Waals surface area (Å²) in [5.74, 6) is -0.194. The maximum absolute atomic E-state index is 13.8. The number of aromatic nitrogens is 1. The summed E-state index contributed by atoms with van der Waals surface area (Å²) >= 11 is 1.47. The second-order valence-corrected chi connectivity index (χ2v) is 10.7. The molecule has 0 spiro atoms. The van der Waals surface area contributed by atoms with Crippen molar-refractivity contribution in [3.8, 4) is 0 Å². The van der Waals surface area contributed by atoms with Crippen molar-refractivity contribution in [2.45, 2.75) is 44.7 Å². The minimum Gasteiger partial charge on any atom is -0.342 e. The van der Waals surface area contributed by atoms with E-state index in [-0.39, 0.29) is 17.8 Å². The van der Waals surface area contributed by atoms with Crippen LogP contribution in [0.3, 0.4) is 0 Å². The van der Waals surface area contributed by atoms with Gasteiger partial charge in [0.25, 0.3) is 5.91 Å². The van der Waals surface area contributed by atoms with E-state index in [1.165, 1.54) is 30.3 Å². The van der Waals surface area contributed by atoms with Gasteiger partial charge in [-0.3, -0.25) is 9.69 Å². The molecule has 6 heteroatoms. The first-order chi connectivity index (χ1) is 18.2. The van der Waals surface area contributed by atoms with Crippen molar-refractivity contribution in [2.24, 2.45) is 4.99 Å². The van der Waals surface area contributed by atoms with Crippen LogP contribution in [-0.4, -0.2) is 26.6 Å². The number of aliphatic imine (C=N–C) groups is 1. The Morgan fingerprint density at radius 3 is 2.43 bits per heavy atom. The van der Waals surface area contributed by atoms with Crippen molar-refractivity contribution in [3.05, 3.63) is 107 Å². The Balaban J connectivity index is 1.38. The highest BCUT2D eigenvalue weighted by Crippen LogP contribution is 2.39. The molecule has 1 saturated heterocycles. The van der Waals surface area contributed by atoms with Crippen LogP contribution >= 0.6 is 11.8 Å². The van der Waals surface area contributed by atoms with Crippen LogP contribution in [0, 0.1) is 5.82 Å². The van der Waals surface area contributed by atoms with Crippen LogP contribution in [0.15, 0.2) is 95.0 Å². The maximum atomic E-state index is 13.8. The van der Waals surface area contributed by atoms with Crippen LogP contribution in [-0.2, 0) is 11.3 Å². The average molecular weight is 510 g/mol. The smallest absolute Gasteiger partial charge is 0.267 e. The highest BCUT2D eigenvalue weighted by Gasteiger charge is 2.38. The van der Waals surface area contributed by atoms with E-state index >= 15 is 0 Å². The van der Waals surface area contributed by atoms with Crippen LogP contribution in [0.2, 0.25) is 0 Å². The fourth-order valence-electron chi connectivity index (χ4n) is 5.29.